The number of rotatable bonds is 8. The van der Waals surface area contributed by atoms with Crippen molar-refractivity contribution in [3.63, 3.8) is 0 Å². The fourth-order valence-electron chi connectivity index (χ4n) is 19.8. The molecule has 0 N–H and O–H groups in total. The molecule has 542 valence electrons. The first-order valence-corrected chi connectivity index (χ1v) is 43.0. The highest BCUT2D eigenvalue weighted by atomic mass is 32.1. The summed E-state index contributed by atoms with van der Waals surface area (Å²) in [6.07, 6.45) is 0. The molecular formula is C108H59N3O2S4. The molecule has 0 radical (unpaired) electrons. The molecule has 0 bridgehead atoms. The minimum atomic E-state index is 0.870. The molecule has 0 aliphatic heterocycles. The second-order valence-corrected chi connectivity index (χ2v) is 35.4. The number of nitrogens with zero attached hydrogens (tertiary/aromatic N) is 3. The number of fused-ring (bicyclic) bond motifs is 30. The maximum atomic E-state index is 6.82. The van der Waals surface area contributed by atoms with Gasteiger partial charge in [0, 0.05) is 143 Å². The average molecular weight is 1560 g/mol. The SMILES string of the molecule is c1ccc2c(c1)oc1ccc(-c3ccc(-n4c5cccc(-c6cccc7c6sc6ccc(-c8ccc(-n9c%10cccc(-c%11ccc%12oc%13cc(-c%14ccc(-n%15c%16ccccc%16c%16ccc%17c%18ccccc%18sc%17c%16%15)cc%14)ccc%13c%12c%11)c%10c%10ccc%11c%12ccccc%12sc%11c%109)cc8)cc67)c5c5ccc6c7ccccc7sc6c54)cc3)cc12. The van der Waals surface area contributed by atoms with Gasteiger partial charge < -0.3 is 22.5 Å². The second kappa shape index (κ2) is 24.2. The van der Waals surface area contributed by atoms with Gasteiger partial charge in [0.15, 0.2) is 0 Å². The van der Waals surface area contributed by atoms with Crippen molar-refractivity contribution in [1.29, 1.82) is 0 Å². The van der Waals surface area contributed by atoms with Crippen LogP contribution in [0.2, 0.25) is 0 Å². The molecule has 0 amide bonds. The van der Waals surface area contributed by atoms with Gasteiger partial charge in [-0.3, -0.25) is 0 Å². The molecule has 0 atom stereocenters. The summed E-state index contributed by atoms with van der Waals surface area (Å²) >= 11 is 7.57. The topological polar surface area (TPSA) is 41.1 Å². The van der Waals surface area contributed by atoms with Crippen LogP contribution < -0.4 is 0 Å². The van der Waals surface area contributed by atoms with E-state index in [2.05, 4.69) is 359 Å². The molecule has 0 saturated heterocycles. The van der Waals surface area contributed by atoms with Gasteiger partial charge >= 0.3 is 0 Å². The number of aromatic nitrogens is 3. The van der Waals surface area contributed by atoms with Gasteiger partial charge in [-0.25, -0.2) is 0 Å². The lowest BCUT2D eigenvalue weighted by atomic mass is 9.97. The summed E-state index contributed by atoms with van der Waals surface area (Å²) in [5, 5.41) is 22.2. The van der Waals surface area contributed by atoms with Gasteiger partial charge in [-0.15, -0.1) is 45.3 Å². The van der Waals surface area contributed by atoms with Crippen LogP contribution in [0.15, 0.2) is 367 Å². The zero-order valence-corrected chi connectivity index (χ0v) is 65.6. The lowest BCUT2D eigenvalue weighted by Gasteiger charge is -2.11. The van der Waals surface area contributed by atoms with Crippen LogP contribution >= 0.6 is 45.3 Å². The Morgan fingerprint density at radius 2 is 0.530 bits per heavy atom. The number of para-hydroxylation sites is 2. The van der Waals surface area contributed by atoms with Crippen molar-refractivity contribution in [1.82, 2.24) is 13.7 Å². The van der Waals surface area contributed by atoms with Crippen molar-refractivity contribution in [2.24, 2.45) is 0 Å². The molecule has 0 aliphatic carbocycles. The van der Waals surface area contributed by atoms with Crippen LogP contribution in [0.1, 0.15) is 0 Å². The standard InChI is InChI=1S/C108H59N3O2S4/c1-6-23-89-71(14-1)78-47-48-81-74-16-3-8-27-96(74)115-106(81)102(78)109(89)67-40-34-62(35-41-67)65-36-46-73-87-58-66(38-54-94(87)113-95(73)59-65)70-19-12-24-90-100(70)84-51-49-82-75-17-4-9-28-97(75)116-107(82)103(84)110(90)68-44-32-61(33-45-68)64-39-55-99-88(57-64)80-22-11-21-79(105(80)114-99)77-20-13-25-91-101(77)85-52-50-83-76-18-5-10-29-98(76)117-108(83)104(85)111(91)69-42-30-60(31-43-69)63-37-53-93-86(56-63)72-15-2-7-26-92(72)112-93/h1-59H. The van der Waals surface area contributed by atoms with Gasteiger partial charge in [-0.2, -0.15) is 0 Å². The third-order valence-electron chi connectivity index (χ3n) is 25.1. The average Bonchev–Trinajstić information content (AvgIpc) is 1.45. The summed E-state index contributed by atoms with van der Waals surface area (Å²) in [4.78, 5) is 0. The van der Waals surface area contributed by atoms with E-state index in [9.17, 15) is 0 Å². The summed E-state index contributed by atoms with van der Waals surface area (Å²) in [7, 11) is 0. The minimum absolute atomic E-state index is 0.870. The molecule has 9 heteroatoms. The molecule has 27 aromatic rings. The molecule has 0 fully saturated rings. The highest BCUT2D eigenvalue weighted by Gasteiger charge is 2.27. The lowest BCUT2D eigenvalue weighted by Crippen LogP contribution is -1.94. The Balaban J connectivity index is 0.544. The monoisotopic (exact) mass is 1560 g/mol. The van der Waals surface area contributed by atoms with E-state index in [4.69, 9.17) is 8.83 Å². The van der Waals surface area contributed by atoms with E-state index in [0.717, 1.165) is 88.8 Å². The van der Waals surface area contributed by atoms with E-state index in [1.165, 1.54) is 174 Å². The third-order valence-corrected chi connectivity index (χ3v) is 29.9. The smallest absolute Gasteiger partial charge is 0.136 e. The first-order valence-electron chi connectivity index (χ1n) is 39.7. The Labute approximate surface area is 683 Å². The van der Waals surface area contributed by atoms with E-state index in [1.54, 1.807) is 0 Å². The van der Waals surface area contributed by atoms with Crippen LogP contribution in [-0.4, -0.2) is 13.7 Å². The number of furan rings is 2. The number of thiophene rings is 4. The molecule has 27 rings (SSSR count). The van der Waals surface area contributed by atoms with Crippen molar-refractivity contribution < 1.29 is 8.83 Å². The Hall–Kier alpha value is -14.2. The van der Waals surface area contributed by atoms with E-state index >= 15 is 0 Å². The maximum Gasteiger partial charge on any atom is 0.136 e. The van der Waals surface area contributed by atoms with Gasteiger partial charge in [-0.05, 0) is 177 Å². The van der Waals surface area contributed by atoms with Crippen LogP contribution in [0.3, 0.4) is 0 Å². The summed E-state index contributed by atoms with van der Waals surface area (Å²) in [6, 6.07) is 133. The highest BCUT2D eigenvalue weighted by Crippen LogP contribution is 2.52. The van der Waals surface area contributed by atoms with E-state index < -0.39 is 0 Å². The van der Waals surface area contributed by atoms with Gasteiger partial charge in [0.05, 0.1) is 47.2 Å². The Bertz CT molecular complexity index is 9020. The molecule has 9 aromatic heterocycles. The normalized spacial score (nSPS) is 12.4. The zero-order chi connectivity index (χ0) is 76.0. The van der Waals surface area contributed by atoms with Crippen molar-refractivity contribution in [2.45, 2.75) is 0 Å². The van der Waals surface area contributed by atoms with Crippen LogP contribution in [0, 0.1) is 0 Å². The molecule has 0 unspecified atom stereocenters. The predicted octanol–water partition coefficient (Wildman–Crippen LogP) is 32.6. The fourth-order valence-corrected chi connectivity index (χ4v) is 24.7. The van der Waals surface area contributed by atoms with Crippen LogP contribution in [0.5, 0.6) is 0 Å². The number of benzene rings is 18. The molecular weight excluding hydrogens is 1500 g/mol. The van der Waals surface area contributed by atoms with Gasteiger partial charge in [0.2, 0.25) is 0 Å². The van der Waals surface area contributed by atoms with Gasteiger partial charge in [0.25, 0.3) is 0 Å². The lowest BCUT2D eigenvalue weighted by molar-refractivity contribution is 0.668. The number of hydrogen-bond acceptors (Lipinski definition) is 6. The third kappa shape index (κ3) is 9.22. The predicted molar refractivity (Wildman–Crippen MR) is 503 cm³/mol. The van der Waals surface area contributed by atoms with Gasteiger partial charge in [-0.1, -0.05) is 231 Å². The number of hydrogen-bond donors (Lipinski definition) is 0. The van der Waals surface area contributed by atoms with Crippen molar-refractivity contribution in [3.8, 4) is 72.7 Å². The van der Waals surface area contributed by atoms with Crippen molar-refractivity contribution >= 4 is 235 Å². The van der Waals surface area contributed by atoms with Crippen LogP contribution in [0.4, 0.5) is 0 Å². The minimum Gasteiger partial charge on any atom is -0.456 e. The Kier molecular flexibility index (Phi) is 13.3. The van der Waals surface area contributed by atoms with E-state index in [0.29, 0.717) is 0 Å². The highest BCUT2D eigenvalue weighted by molar-refractivity contribution is 7.28. The largest absolute Gasteiger partial charge is 0.456 e. The second-order valence-electron chi connectivity index (χ2n) is 31.2. The van der Waals surface area contributed by atoms with Crippen molar-refractivity contribution in [3.05, 3.63) is 358 Å². The van der Waals surface area contributed by atoms with Crippen molar-refractivity contribution in [2.75, 3.05) is 0 Å². The van der Waals surface area contributed by atoms with E-state index in [1.807, 2.05) is 57.5 Å². The maximum absolute atomic E-state index is 6.82. The first kappa shape index (κ1) is 64.3. The molecule has 18 aromatic carbocycles. The summed E-state index contributed by atoms with van der Waals surface area (Å²) in [5.74, 6) is 0. The Morgan fingerprint density at radius 1 is 0.179 bits per heavy atom. The fraction of sp³-hybridized carbons (Fsp3) is 0. The Morgan fingerprint density at radius 3 is 1.13 bits per heavy atom. The summed E-state index contributed by atoms with van der Waals surface area (Å²) in [6.45, 7) is 0. The first-order chi connectivity index (χ1) is 58.0. The van der Waals surface area contributed by atoms with E-state index in [-0.39, 0.29) is 0 Å². The molecule has 0 aliphatic rings. The summed E-state index contributed by atoms with van der Waals surface area (Å²) < 4.78 is 30.9. The molecule has 117 heavy (non-hydrogen) atoms. The molecule has 5 nitrogen and oxygen atoms in total. The van der Waals surface area contributed by atoms with Gasteiger partial charge in [0.1, 0.15) is 22.3 Å². The van der Waals surface area contributed by atoms with Crippen LogP contribution in [0.25, 0.3) is 263 Å². The molecule has 0 spiro atoms. The molecule has 9 heterocycles. The quantitative estimate of drug-likeness (QED) is 0.152. The summed E-state index contributed by atoms with van der Waals surface area (Å²) in [5.41, 5.74) is 26.0. The zero-order valence-electron chi connectivity index (χ0n) is 62.4. The molecule has 0 saturated carbocycles. The van der Waals surface area contributed by atoms with Crippen LogP contribution in [-0.2, 0) is 0 Å².